The second kappa shape index (κ2) is 7.23. The molecule has 1 saturated heterocycles. The highest BCUT2D eigenvalue weighted by Crippen LogP contribution is 2.15. The van der Waals surface area contributed by atoms with Crippen molar-refractivity contribution in [3.63, 3.8) is 0 Å². The summed E-state index contributed by atoms with van der Waals surface area (Å²) in [6.45, 7) is 5.90. The van der Waals surface area contributed by atoms with Crippen LogP contribution >= 0.6 is 0 Å². The lowest BCUT2D eigenvalue weighted by atomic mass is 10.1. The minimum absolute atomic E-state index is 0.0619. The molecule has 0 aliphatic carbocycles. The average Bonchev–Trinajstić information content (AvgIpc) is 2.98. The third-order valence-electron chi connectivity index (χ3n) is 4.65. The van der Waals surface area contributed by atoms with Crippen LogP contribution in [0.25, 0.3) is 11.0 Å². The SMILES string of the molecule is CC(C)N1CCNC(=O)[C@@H]1CC(=O)N(C)Cc1nc2ccccc2[nH]1. The molecule has 1 fully saturated rings. The lowest BCUT2D eigenvalue weighted by Gasteiger charge is -2.38. The Hall–Kier alpha value is -2.41. The van der Waals surface area contributed by atoms with Gasteiger partial charge >= 0.3 is 0 Å². The van der Waals surface area contributed by atoms with Crippen LogP contribution in [-0.4, -0.2) is 63.8 Å². The van der Waals surface area contributed by atoms with Crippen molar-refractivity contribution < 1.29 is 9.59 Å². The number of aromatic amines is 1. The zero-order chi connectivity index (χ0) is 18.0. The summed E-state index contributed by atoms with van der Waals surface area (Å²) >= 11 is 0. The number of rotatable bonds is 5. The summed E-state index contributed by atoms with van der Waals surface area (Å²) in [7, 11) is 1.75. The molecule has 0 unspecified atom stereocenters. The maximum Gasteiger partial charge on any atom is 0.237 e. The summed E-state index contributed by atoms with van der Waals surface area (Å²) in [5.74, 6) is 0.615. The van der Waals surface area contributed by atoms with Gasteiger partial charge in [-0.2, -0.15) is 0 Å². The van der Waals surface area contributed by atoms with Crippen molar-refractivity contribution in [2.45, 2.75) is 38.9 Å². The first kappa shape index (κ1) is 17.4. The van der Waals surface area contributed by atoms with Gasteiger partial charge in [0.05, 0.1) is 30.0 Å². The third kappa shape index (κ3) is 3.82. The van der Waals surface area contributed by atoms with Gasteiger partial charge in [-0.25, -0.2) is 4.98 Å². The highest BCUT2D eigenvalue weighted by atomic mass is 16.2. The van der Waals surface area contributed by atoms with E-state index in [2.05, 4.69) is 20.2 Å². The fourth-order valence-corrected chi connectivity index (χ4v) is 3.28. The van der Waals surface area contributed by atoms with E-state index in [1.807, 2.05) is 38.1 Å². The molecule has 1 aliphatic heterocycles. The number of carbonyl (C=O) groups is 2. The Morgan fingerprint density at radius 2 is 2.16 bits per heavy atom. The van der Waals surface area contributed by atoms with Crippen LogP contribution in [0.15, 0.2) is 24.3 Å². The number of imidazole rings is 1. The average molecular weight is 343 g/mol. The summed E-state index contributed by atoms with van der Waals surface area (Å²) in [4.78, 5) is 36.3. The van der Waals surface area contributed by atoms with Gasteiger partial charge in [0.15, 0.2) is 0 Å². The van der Waals surface area contributed by atoms with Crippen LogP contribution in [0.2, 0.25) is 0 Å². The Kier molecular flexibility index (Phi) is 5.03. The molecule has 1 aromatic carbocycles. The zero-order valence-corrected chi connectivity index (χ0v) is 15.0. The first-order valence-corrected chi connectivity index (χ1v) is 8.66. The number of fused-ring (bicyclic) bond motifs is 1. The minimum atomic E-state index is -0.403. The molecule has 7 nitrogen and oxygen atoms in total. The van der Waals surface area contributed by atoms with Crippen LogP contribution in [0.1, 0.15) is 26.1 Å². The third-order valence-corrected chi connectivity index (χ3v) is 4.65. The van der Waals surface area contributed by atoms with Crippen molar-refractivity contribution in [2.75, 3.05) is 20.1 Å². The van der Waals surface area contributed by atoms with Crippen molar-refractivity contribution in [1.29, 1.82) is 0 Å². The highest BCUT2D eigenvalue weighted by Gasteiger charge is 2.33. The topological polar surface area (TPSA) is 81.3 Å². The van der Waals surface area contributed by atoms with Gasteiger partial charge < -0.3 is 15.2 Å². The minimum Gasteiger partial charge on any atom is -0.353 e. The summed E-state index contributed by atoms with van der Waals surface area (Å²) in [5, 5.41) is 2.86. The van der Waals surface area contributed by atoms with Crippen LogP contribution in [0.5, 0.6) is 0 Å². The number of piperazine rings is 1. The number of hydrogen-bond donors (Lipinski definition) is 2. The molecule has 7 heteroatoms. The molecule has 1 atom stereocenters. The molecule has 0 saturated carbocycles. The van der Waals surface area contributed by atoms with Crippen molar-refractivity contribution >= 4 is 22.8 Å². The quantitative estimate of drug-likeness (QED) is 0.852. The van der Waals surface area contributed by atoms with Gasteiger partial charge in [0.2, 0.25) is 11.8 Å². The second-order valence-corrected chi connectivity index (χ2v) is 6.79. The van der Waals surface area contributed by atoms with E-state index >= 15 is 0 Å². The number of para-hydroxylation sites is 2. The first-order chi connectivity index (χ1) is 12.0. The van der Waals surface area contributed by atoms with Crippen LogP contribution in [0.3, 0.4) is 0 Å². The Morgan fingerprint density at radius 1 is 1.40 bits per heavy atom. The highest BCUT2D eigenvalue weighted by molar-refractivity contribution is 5.88. The molecule has 2 N–H and O–H groups in total. The van der Waals surface area contributed by atoms with E-state index in [4.69, 9.17) is 0 Å². The summed E-state index contributed by atoms with van der Waals surface area (Å²) in [5.41, 5.74) is 1.84. The largest absolute Gasteiger partial charge is 0.353 e. The first-order valence-electron chi connectivity index (χ1n) is 8.66. The predicted molar refractivity (Wildman–Crippen MR) is 95.8 cm³/mol. The van der Waals surface area contributed by atoms with E-state index in [0.29, 0.717) is 13.1 Å². The molecule has 0 radical (unpaired) electrons. The van der Waals surface area contributed by atoms with E-state index in [1.54, 1.807) is 11.9 Å². The number of amides is 2. The Morgan fingerprint density at radius 3 is 2.88 bits per heavy atom. The van der Waals surface area contributed by atoms with Gasteiger partial charge in [-0.05, 0) is 26.0 Å². The monoisotopic (exact) mass is 343 g/mol. The molecule has 2 aromatic rings. The van der Waals surface area contributed by atoms with Gasteiger partial charge in [0.25, 0.3) is 0 Å². The Bertz CT molecular complexity index is 737. The van der Waals surface area contributed by atoms with Crippen LogP contribution in [0, 0.1) is 0 Å². The number of carbonyl (C=O) groups excluding carboxylic acids is 2. The lowest BCUT2D eigenvalue weighted by Crippen LogP contribution is -2.58. The summed E-state index contributed by atoms with van der Waals surface area (Å²) < 4.78 is 0. The van der Waals surface area contributed by atoms with E-state index in [0.717, 1.165) is 23.4 Å². The van der Waals surface area contributed by atoms with E-state index in [1.165, 1.54) is 0 Å². The maximum atomic E-state index is 12.6. The maximum absolute atomic E-state index is 12.6. The van der Waals surface area contributed by atoms with E-state index < -0.39 is 6.04 Å². The zero-order valence-electron chi connectivity index (χ0n) is 15.0. The van der Waals surface area contributed by atoms with Crippen LogP contribution < -0.4 is 5.32 Å². The molecule has 0 spiro atoms. The Balaban J connectivity index is 1.66. The standard InChI is InChI=1S/C18H25N5O2/c1-12(2)23-9-8-19-18(25)15(23)10-17(24)22(3)11-16-20-13-6-4-5-7-14(13)21-16/h4-7,12,15H,8-11H2,1-3H3,(H,19,25)(H,20,21)/t15-/m0/s1. The van der Waals surface area contributed by atoms with E-state index in [9.17, 15) is 9.59 Å². The molecule has 2 heterocycles. The molecular weight excluding hydrogens is 318 g/mol. The molecule has 3 rings (SSSR count). The normalized spacial score (nSPS) is 18.6. The number of aromatic nitrogens is 2. The van der Waals surface area contributed by atoms with Gasteiger partial charge in [-0.3, -0.25) is 14.5 Å². The van der Waals surface area contributed by atoms with Crippen molar-refractivity contribution in [3.8, 4) is 0 Å². The predicted octanol–water partition coefficient (Wildman–Crippen LogP) is 1.12. The number of benzene rings is 1. The van der Waals surface area contributed by atoms with Gasteiger partial charge in [-0.1, -0.05) is 12.1 Å². The van der Waals surface area contributed by atoms with Gasteiger partial charge in [0.1, 0.15) is 5.82 Å². The van der Waals surface area contributed by atoms with Crippen molar-refractivity contribution in [3.05, 3.63) is 30.1 Å². The van der Waals surface area contributed by atoms with E-state index in [-0.39, 0.29) is 24.3 Å². The van der Waals surface area contributed by atoms with Crippen molar-refractivity contribution in [1.82, 2.24) is 25.1 Å². The lowest BCUT2D eigenvalue weighted by molar-refractivity contribution is -0.139. The van der Waals surface area contributed by atoms with Crippen LogP contribution in [-0.2, 0) is 16.1 Å². The molecule has 1 aromatic heterocycles. The smallest absolute Gasteiger partial charge is 0.237 e. The fourth-order valence-electron chi connectivity index (χ4n) is 3.28. The molecular formula is C18H25N5O2. The van der Waals surface area contributed by atoms with Gasteiger partial charge in [0, 0.05) is 26.2 Å². The summed E-state index contributed by atoms with van der Waals surface area (Å²) in [6, 6.07) is 7.60. The second-order valence-electron chi connectivity index (χ2n) is 6.79. The molecule has 1 aliphatic rings. The fraction of sp³-hybridized carbons (Fsp3) is 0.500. The summed E-state index contributed by atoms with van der Waals surface area (Å²) in [6.07, 6.45) is 0.181. The molecule has 25 heavy (non-hydrogen) atoms. The number of hydrogen-bond acceptors (Lipinski definition) is 4. The van der Waals surface area contributed by atoms with Crippen molar-refractivity contribution in [2.24, 2.45) is 0 Å². The van der Waals surface area contributed by atoms with Crippen LogP contribution in [0.4, 0.5) is 0 Å². The number of nitrogens with zero attached hydrogens (tertiary/aromatic N) is 3. The molecule has 0 bridgehead atoms. The molecule has 2 amide bonds. The Labute approximate surface area is 147 Å². The number of nitrogens with one attached hydrogen (secondary N) is 2. The van der Waals surface area contributed by atoms with Gasteiger partial charge in [-0.15, -0.1) is 0 Å². The molecule has 134 valence electrons. The number of H-pyrrole nitrogens is 1.